The van der Waals surface area contributed by atoms with Crippen LogP contribution in [0.1, 0.15) is 28.5 Å². The van der Waals surface area contributed by atoms with Gasteiger partial charge in [0.15, 0.2) is 6.61 Å². The highest BCUT2D eigenvalue weighted by Crippen LogP contribution is 2.29. The van der Waals surface area contributed by atoms with Crippen LogP contribution in [0.5, 0.6) is 5.75 Å². The number of pyridine rings is 1. The summed E-state index contributed by atoms with van der Waals surface area (Å²) >= 11 is 0. The first kappa shape index (κ1) is 21.7. The molecule has 9 heteroatoms. The summed E-state index contributed by atoms with van der Waals surface area (Å²) in [7, 11) is 1.33. The first-order chi connectivity index (χ1) is 14.8. The number of para-hydroxylation sites is 1. The van der Waals surface area contributed by atoms with Crippen molar-refractivity contribution in [3.63, 3.8) is 0 Å². The molecule has 160 valence electrons. The smallest absolute Gasteiger partial charge is 0.339 e. The first-order valence-corrected chi connectivity index (χ1v) is 9.53. The second-order valence-corrected chi connectivity index (χ2v) is 6.70. The second kappa shape index (κ2) is 9.21. The third-order valence-electron chi connectivity index (χ3n) is 4.78. The lowest BCUT2D eigenvalue weighted by Gasteiger charge is -2.14. The van der Waals surface area contributed by atoms with Gasteiger partial charge in [-0.15, -0.1) is 0 Å². The molecule has 1 aromatic heterocycles. The number of aromatic nitrogens is 1. The fraction of sp³-hybridized carbons (Fsp3) is 0.227. The van der Waals surface area contributed by atoms with Crippen molar-refractivity contribution in [3.05, 3.63) is 69.4 Å². The minimum Gasteiger partial charge on any atom is -0.494 e. The Hall–Kier alpha value is -4.01. The zero-order valence-corrected chi connectivity index (χ0v) is 17.3. The first-order valence-electron chi connectivity index (χ1n) is 9.53. The Morgan fingerprint density at radius 2 is 1.94 bits per heavy atom. The zero-order valence-electron chi connectivity index (χ0n) is 17.3. The van der Waals surface area contributed by atoms with E-state index in [2.05, 4.69) is 10.3 Å². The number of benzene rings is 2. The molecule has 0 aliphatic rings. The van der Waals surface area contributed by atoms with Gasteiger partial charge in [0, 0.05) is 17.1 Å². The van der Waals surface area contributed by atoms with Crippen molar-refractivity contribution in [2.45, 2.75) is 20.3 Å². The maximum Gasteiger partial charge on any atom is 0.339 e. The molecule has 1 heterocycles. The Kier molecular flexibility index (Phi) is 6.44. The quantitative estimate of drug-likeness (QED) is 0.348. The molecule has 0 atom stereocenters. The van der Waals surface area contributed by atoms with Crippen LogP contribution in [-0.4, -0.2) is 35.5 Å². The van der Waals surface area contributed by atoms with Crippen LogP contribution in [0.25, 0.3) is 10.9 Å². The summed E-state index contributed by atoms with van der Waals surface area (Å²) in [5.74, 6) is -1.11. The second-order valence-electron chi connectivity index (χ2n) is 6.70. The van der Waals surface area contributed by atoms with E-state index in [9.17, 15) is 19.7 Å². The number of esters is 1. The van der Waals surface area contributed by atoms with Crippen molar-refractivity contribution < 1.29 is 24.0 Å². The number of aryl methyl sites for hydroxylation is 1. The van der Waals surface area contributed by atoms with Gasteiger partial charge in [-0.25, -0.2) is 4.79 Å². The van der Waals surface area contributed by atoms with E-state index in [1.54, 1.807) is 19.1 Å². The van der Waals surface area contributed by atoms with Crippen molar-refractivity contribution in [1.82, 2.24) is 4.98 Å². The fourth-order valence-corrected chi connectivity index (χ4v) is 3.25. The number of rotatable bonds is 7. The maximum absolute atomic E-state index is 12.8. The van der Waals surface area contributed by atoms with E-state index in [1.807, 2.05) is 19.1 Å². The largest absolute Gasteiger partial charge is 0.494 e. The van der Waals surface area contributed by atoms with E-state index in [4.69, 9.17) is 9.47 Å². The van der Waals surface area contributed by atoms with Gasteiger partial charge in [0.1, 0.15) is 5.75 Å². The number of carbonyl (C=O) groups excluding carboxylic acids is 2. The standard InChI is InChI=1S/C22H21N3O6/c1-4-16-13(2)21(15-7-5-6-8-17(15)23-16)22(27)31-12-20(26)24-18-10-9-14(25(28)29)11-19(18)30-3/h5-11H,4,12H2,1-3H3,(H,24,26). The molecular formula is C22H21N3O6. The van der Waals surface area contributed by atoms with Crippen LogP contribution >= 0.6 is 0 Å². The van der Waals surface area contributed by atoms with E-state index >= 15 is 0 Å². The number of non-ortho nitro benzene ring substituents is 1. The van der Waals surface area contributed by atoms with Gasteiger partial charge in [-0.05, 0) is 31.0 Å². The van der Waals surface area contributed by atoms with Crippen LogP contribution in [0.15, 0.2) is 42.5 Å². The number of nitrogens with one attached hydrogen (secondary N) is 1. The number of anilines is 1. The molecule has 0 aliphatic heterocycles. The van der Waals surface area contributed by atoms with Gasteiger partial charge >= 0.3 is 5.97 Å². The van der Waals surface area contributed by atoms with Gasteiger partial charge in [0.2, 0.25) is 0 Å². The highest BCUT2D eigenvalue weighted by molar-refractivity contribution is 6.06. The minimum atomic E-state index is -0.628. The van der Waals surface area contributed by atoms with Crippen molar-refractivity contribution >= 4 is 34.2 Å². The van der Waals surface area contributed by atoms with E-state index in [1.165, 1.54) is 25.3 Å². The molecule has 2 aromatic carbocycles. The van der Waals surface area contributed by atoms with E-state index in [-0.39, 0.29) is 17.1 Å². The number of nitrogens with zero attached hydrogens (tertiary/aromatic N) is 2. The minimum absolute atomic E-state index is 0.123. The number of carbonyl (C=O) groups is 2. The van der Waals surface area contributed by atoms with Gasteiger partial charge in [-0.2, -0.15) is 0 Å². The molecule has 1 N–H and O–H groups in total. The lowest BCUT2D eigenvalue weighted by molar-refractivity contribution is -0.384. The summed E-state index contributed by atoms with van der Waals surface area (Å²) < 4.78 is 10.3. The van der Waals surface area contributed by atoms with Gasteiger partial charge in [-0.3, -0.25) is 19.9 Å². The number of methoxy groups -OCH3 is 1. The highest BCUT2D eigenvalue weighted by atomic mass is 16.6. The van der Waals surface area contributed by atoms with Crippen LogP contribution in [-0.2, 0) is 16.0 Å². The van der Waals surface area contributed by atoms with Gasteiger partial charge in [0.25, 0.3) is 11.6 Å². The molecule has 0 aliphatic carbocycles. The molecule has 0 radical (unpaired) electrons. The van der Waals surface area contributed by atoms with Crippen LogP contribution in [0.2, 0.25) is 0 Å². The molecule has 31 heavy (non-hydrogen) atoms. The van der Waals surface area contributed by atoms with Crippen LogP contribution in [0.4, 0.5) is 11.4 Å². The Balaban J connectivity index is 1.77. The lowest BCUT2D eigenvalue weighted by Crippen LogP contribution is -2.22. The van der Waals surface area contributed by atoms with Gasteiger partial charge in [0.05, 0.1) is 34.9 Å². The molecule has 0 saturated heterocycles. The van der Waals surface area contributed by atoms with Crippen LogP contribution < -0.4 is 10.1 Å². The number of nitro groups is 1. The summed E-state index contributed by atoms with van der Waals surface area (Å²) in [6, 6.07) is 11.0. The summed E-state index contributed by atoms with van der Waals surface area (Å²) in [5, 5.41) is 14.1. The average Bonchev–Trinajstić information content (AvgIpc) is 2.77. The molecule has 3 rings (SSSR count). The molecule has 3 aromatic rings. The average molecular weight is 423 g/mol. The van der Waals surface area contributed by atoms with Crippen molar-refractivity contribution in [2.75, 3.05) is 19.0 Å². The van der Waals surface area contributed by atoms with E-state index in [0.717, 1.165) is 5.69 Å². The Morgan fingerprint density at radius 1 is 1.19 bits per heavy atom. The highest BCUT2D eigenvalue weighted by Gasteiger charge is 2.20. The van der Waals surface area contributed by atoms with E-state index in [0.29, 0.717) is 28.5 Å². The Morgan fingerprint density at radius 3 is 2.61 bits per heavy atom. The van der Waals surface area contributed by atoms with Gasteiger partial charge < -0.3 is 14.8 Å². The Labute approximate surface area is 178 Å². The number of amides is 1. The lowest BCUT2D eigenvalue weighted by atomic mass is 10.0. The number of hydrogen-bond donors (Lipinski definition) is 1. The molecule has 0 fully saturated rings. The predicted octanol–water partition coefficient (Wildman–Crippen LogP) is 3.82. The third kappa shape index (κ3) is 4.61. The number of fused-ring (bicyclic) bond motifs is 1. The topological polar surface area (TPSA) is 121 Å². The molecule has 0 unspecified atom stereocenters. The summed E-state index contributed by atoms with van der Waals surface area (Å²) in [4.78, 5) is 40.0. The molecule has 9 nitrogen and oxygen atoms in total. The van der Waals surface area contributed by atoms with Crippen molar-refractivity contribution in [2.24, 2.45) is 0 Å². The normalized spacial score (nSPS) is 10.5. The molecular weight excluding hydrogens is 402 g/mol. The fourth-order valence-electron chi connectivity index (χ4n) is 3.25. The van der Waals surface area contributed by atoms with Crippen LogP contribution in [0.3, 0.4) is 0 Å². The van der Waals surface area contributed by atoms with Gasteiger partial charge in [-0.1, -0.05) is 25.1 Å². The number of ether oxygens (including phenoxy) is 2. The molecule has 0 spiro atoms. The van der Waals surface area contributed by atoms with E-state index < -0.39 is 23.4 Å². The van der Waals surface area contributed by atoms with Crippen LogP contribution in [0, 0.1) is 17.0 Å². The SMILES string of the molecule is CCc1nc2ccccc2c(C(=O)OCC(=O)Nc2ccc([N+](=O)[O-])cc2OC)c1C. The third-order valence-corrected chi connectivity index (χ3v) is 4.78. The number of hydrogen-bond acceptors (Lipinski definition) is 7. The monoisotopic (exact) mass is 423 g/mol. The predicted molar refractivity (Wildman–Crippen MR) is 114 cm³/mol. The molecule has 1 amide bonds. The zero-order chi connectivity index (χ0) is 22.5. The Bertz CT molecular complexity index is 1180. The summed E-state index contributed by atoms with van der Waals surface area (Å²) in [6.07, 6.45) is 0.650. The number of nitro benzene ring substituents is 1. The van der Waals surface area contributed by atoms with Crippen molar-refractivity contribution in [1.29, 1.82) is 0 Å². The molecule has 0 bridgehead atoms. The summed E-state index contributed by atoms with van der Waals surface area (Å²) in [5.41, 5.74) is 2.61. The maximum atomic E-state index is 12.8. The molecule has 0 saturated carbocycles. The summed E-state index contributed by atoms with van der Waals surface area (Å²) in [6.45, 7) is 3.22. The van der Waals surface area contributed by atoms with Crippen molar-refractivity contribution in [3.8, 4) is 5.75 Å².